The van der Waals surface area contributed by atoms with E-state index in [2.05, 4.69) is 4.98 Å². The van der Waals surface area contributed by atoms with Crippen LogP contribution in [0.15, 0.2) is 17.2 Å². The summed E-state index contributed by atoms with van der Waals surface area (Å²) in [5, 5.41) is 0. The maximum atomic E-state index is 13.1. The molecule has 0 spiro atoms. The van der Waals surface area contributed by atoms with Gasteiger partial charge in [-0.25, -0.2) is 4.39 Å². The number of nitrogens with two attached hydrogens (primary N) is 1. The van der Waals surface area contributed by atoms with Gasteiger partial charge in [-0.05, 0) is 12.3 Å². The van der Waals surface area contributed by atoms with E-state index < -0.39 is 0 Å². The van der Waals surface area contributed by atoms with Gasteiger partial charge in [0.25, 0.3) is 0 Å². The predicted molar refractivity (Wildman–Crippen MR) is 43.9 cm³/mol. The third-order valence-corrected chi connectivity index (χ3v) is 2.09. The minimum Gasteiger partial charge on any atom is -0.325 e. The zero-order valence-corrected chi connectivity index (χ0v) is 6.99. The highest BCUT2D eigenvalue weighted by Gasteiger charge is 2.05. The van der Waals surface area contributed by atoms with Gasteiger partial charge in [0.15, 0.2) is 5.82 Å². The fraction of sp³-hybridized carbons (Fsp3) is 0.286. The van der Waals surface area contributed by atoms with Gasteiger partial charge in [-0.3, -0.25) is 4.98 Å². The third kappa shape index (κ3) is 1.70. The van der Waals surface area contributed by atoms with E-state index in [1.165, 1.54) is 11.8 Å². The number of nitrogens with zero attached hydrogens (tertiary/aromatic N) is 1. The van der Waals surface area contributed by atoms with Gasteiger partial charge in [-0.2, -0.15) is 0 Å². The standard InChI is InChI=1S/C7H9FN2S/c1-11-6-2-3-10-5(4-9)7(6)8/h2-3H,4,9H2,1H3. The summed E-state index contributed by atoms with van der Waals surface area (Å²) in [6, 6.07) is 1.64. The fourth-order valence-electron chi connectivity index (χ4n) is 0.767. The highest BCUT2D eigenvalue weighted by molar-refractivity contribution is 7.98. The molecule has 2 N–H and O–H groups in total. The Bertz CT molecular complexity index is 230. The van der Waals surface area contributed by atoms with Gasteiger partial charge in [-0.15, -0.1) is 11.8 Å². The van der Waals surface area contributed by atoms with Crippen molar-refractivity contribution in [3.8, 4) is 0 Å². The zero-order valence-electron chi connectivity index (χ0n) is 6.17. The topological polar surface area (TPSA) is 38.9 Å². The lowest BCUT2D eigenvalue weighted by molar-refractivity contribution is 0.574. The molecule has 4 heteroatoms. The number of hydrogen-bond acceptors (Lipinski definition) is 3. The van der Waals surface area contributed by atoms with Gasteiger partial charge in [0.05, 0.1) is 5.69 Å². The first kappa shape index (κ1) is 8.49. The molecule has 0 atom stereocenters. The molecule has 1 aromatic rings. The van der Waals surface area contributed by atoms with Crippen LogP contribution in [0.3, 0.4) is 0 Å². The molecule has 1 heterocycles. The van der Waals surface area contributed by atoms with Crippen molar-refractivity contribution in [2.75, 3.05) is 6.26 Å². The molecule has 0 saturated carbocycles. The normalized spacial score (nSPS) is 10.1. The molecular formula is C7H9FN2S. The first-order valence-electron chi connectivity index (χ1n) is 3.17. The van der Waals surface area contributed by atoms with Crippen molar-refractivity contribution in [2.24, 2.45) is 5.73 Å². The molecule has 0 aliphatic carbocycles. The highest BCUT2D eigenvalue weighted by atomic mass is 32.2. The van der Waals surface area contributed by atoms with Crippen molar-refractivity contribution in [2.45, 2.75) is 11.4 Å². The van der Waals surface area contributed by atoms with Crippen LogP contribution in [0.25, 0.3) is 0 Å². The summed E-state index contributed by atoms with van der Waals surface area (Å²) in [6.07, 6.45) is 3.38. The summed E-state index contributed by atoms with van der Waals surface area (Å²) in [7, 11) is 0. The Hall–Kier alpha value is -0.610. The van der Waals surface area contributed by atoms with Crippen LogP contribution in [0, 0.1) is 5.82 Å². The lowest BCUT2D eigenvalue weighted by atomic mass is 10.3. The zero-order chi connectivity index (χ0) is 8.27. The highest BCUT2D eigenvalue weighted by Crippen LogP contribution is 2.19. The van der Waals surface area contributed by atoms with E-state index in [0.29, 0.717) is 10.6 Å². The van der Waals surface area contributed by atoms with E-state index in [4.69, 9.17) is 5.73 Å². The third-order valence-electron chi connectivity index (χ3n) is 1.34. The number of rotatable bonds is 2. The number of aromatic nitrogens is 1. The first-order valence-corrected chi connectivity index (χ1v) is 4.39. The second-order valence-corrected chi connectivity index (χ2v) is 2.83. The van der Waals surface area contributed by atoms with Gasteiger partial charge in [0, 0.05) is 17.6 Å². The molecule has 0 saturated heterocycles. The van der Waals surface area contributed by atoms with Crippen LogP contribution in [0.2, 0.25) is 0 Å². The molecule has 1 aromatic heterocycles. The summed E-state index contributed by atoms with van der Waals surface area (Å²) >= 11 is 1.35. The molecule has 2 nitrogen and oxygen atoms in total. The molecular weight excluding hydrogens is 163 g/mol. The van der Waals surface area contributed by atoms with Gasteiger partial charge < -0.3 is 5.73 Å². The Morgan fingerprint density at radius 3 is 3.00 bits per heavy atom. The Kier molecular flexibility index (Phi) is 2.84. The van der Waals surface area contributed by atoms with Crippen molar-refractivity contribution in [3.63, 3.8) is 0 Å². The average molecular weight is 172 g/mol. The molecule has 0 bridgehead atoms. The second kappa shape index (κ2) is 3.69. The van der Waals surface area contributed by atoms with Crippen molar-refractivity contribution >= 4 is 11.8 Å². The van der Waals surface area contributed by atoms with E-state index in [-0.39, 0.29) is 12.4 Å². The molecule has 60 valence electrons. The van der Waals surface area contributed by atoms with Crippen LogP contribution in [0.1, 0.15) is 5.69 Å². The molecule has 0 fully saturated rings. The maximum absolute atomic E-state index is 13.1. The molecule has 1 rings (SSSR count). The number of pyridine rings is 1. The van der Waals surface area contributed by atoms with E-state index in [1.807, 2.05) is 6.26 Å². The summed E-state index contributed by atoms with van der Waals surface area (Å²) in [5.41, 5.74) is 5.59. The minimum absolute atomic E-state index is 0.153. The molecule has 0 aliphatic rings. The first-order chi connectivity index (χ1) is 5.29. The van der Waals surface area contributed by atoms with Gasteiger partial charge in [-0.1, -0.05) is 0 Å². The number of halogens is 1. The lowest BCUT2D eigenvalue weighted by Gasteiger charge is -2.01. The Balaban J connectivity index is 3.10. The average Bonchev–Trinajstić information content (AvgIpc) is 2.05. The SMILES string of the molecule is CSc1ccnc(CN)c1F. The number of hydrogen-bond donors (Lipinski definition) is 1. The summed E-state index contributed by atoms with van der Waals surface area (Å²) in [4.78, 5) is 4.39. The monoisotopic (exact) mass is 172 g/mol. The Labute approximate surface area is 69.0 Å². The van der Waals surface area contributed by atoms with Crippen molar-refractivity contribution in [1.29, 1.82) is 0 Å². The van der Waals surface area contributed by atoms with Crippen LogP contribution in [-0.4, -0.2) is 11.2 Å². The fourth-order valence-corrected chi connectivity index (χ4v) is 1.26. The Morgan fingerprint density at radius 1 is 1.73 bits per heavy atom. The van der Waals surface area contributed by atoms with Gasteiger partial charge >= 0.3 is 0 Å². The van der Waals surface area contributed by atoms with E-state index in [1.54, 1.807) is 12.3 Å². The van der Waals surface area contributed by atoms with Crippen molar-refractivity contribution in [1.82, 2.24) is 4.98 Å². The second-order valence-electron chi connectivity index (χ2n) is 1.98. The molecule has 0 unspecified atom stereocenters. The van der Waals surface area contributed by atoms with Crippen LogP contribution >= 0.6 is 11.8 Å². The summed E-state index contributed by atoms with van der Waals surface area (Å²) in [5.74, 6) is -0.289. The maximum Gasteiger partial charge on any atom is 0.159 e. The van der Waals surface area contributed by atoms with Gasteiger partial charge in [0.2, 0.25) is 0 Å². The largest absolute Gasteiger partial charge is 0.325 e. The van der Waals surface area contributed by atoms with Crippen LogP contribution in [0.4, 0.5) is 4.39 Å². The molecule has 0 aromatic carbocycles. The van der Waals surface area contributed by atoms with E-state index >= 15 is 0 Å². The lowest BCUT2D eigenvalue weighted by Crippen LogP contribution is -2.03. The van der Waals surface area contributed by atoms with Crippen LogP contribution < -0.4 is 5.73 Å². The molecule has 11 heavy (non-hydrogen) atoms. The Morgan fingerprint density at radius 2 is 2.45 bits per heavy atom. The molecule has 0 amide bonds. The molecule has 0 radical (unpaired) electrons. The predicted octanol–water partition coefficient (Wildman–Crippen LogP) is 1.40. The number of thioether (sulfide) groups is 1. The van der Waals surface area contributed by atoms with Crippen LogP contribution in [0.5, 0.6) is 0 Å². The quantitative estimate of drug-likeness (QED) is 0.685. The van der Waals surface area contributed by atoms with Crippen molar-refractivity contribution in [3.05, 3.63) is 23.8 Å². The van der Waals surface area contributed by atoms with E-state index in [0.717, 1.165) is 0 Å². The smallest absolute Gasteiger partial charge is 0.159 e. The minimum atomic E-state index is -0.289. The molecule has 0 aliphatic heterocycles. The van der Waals surface area contributed by atoms with E-state index in [9.17, 15) is 4.39 Å². The van der Waals surface area contributed by atoms with Gasteiger partial charge in [0.1, 0.15) is 0 Å². The summed E-state index contributed by atoms with van der Waals surface area (Å²) in [6.45, 7) is 0.153. The van der Waals surface area contributed by atoms with Crippen LogP contribution in [-0.2, 0) is 6.54 Å². The summed E-state index contributed by atoms with van der Waals surface area (Å²) < 4.78 is 13.1. The van der Waals surface area contributed by atoms with Crippen molar-refractivity contribution < 1.29 is 4.39 Å².